The first-order valence-electron chi connectivity index (χ1n) is 7.15. The monoisotopic (exact) mass is 360 g/mol. The second-order valence-corrected chi connectivity index (χ2v) is 5.99. The summed E-state index contributed by atoms with van der Waals surface area (Å²) in [6.07, 6.45) is 2.96. The average Bonchev–Trinajstić information content (AvgIpc) is 2.62. The molecule has 0 aliphatic rings. The number of hydrogen-bond donors (Lipinski definition) is 1. The molecule has 1 unspecified atom stereocenters. The Hall–Kier alpha value is -2.14. The lowest BCUT2D eigenvalue weighted by Gasteiger charge is -2.29. The zero-order chi connectivity index (χ0) is 17.2. The number of rotatable bonds is 4. The van der Waals surface area contributed by atoms with E-state index in [2.05, 4.69) is 9.97 Å². The van der Waals surface area contributed by atoms with Crippen LogP contribution in [0.4, 0.5) is 0 Å². The lowest BCUT2D eigenvalue weighted by atomic mass is 9.83. The number of methoxy groups -OCH3 is 1. The first-order chi connectivity index (χ1) is 11.6. The fraction of sp³-hybridized carbons (Fsp3) is 0.111. The molecule has 0 saturated heterocycles. The third kappa shape index (κ3) is 2.96. The summed E-state index contributed by atoms with van der Waals surface area (Å²) in [4.78, 5) is 8.46. The summed E-state index contributed by atoms with van der Waals surface area (Å²) in [5.74, 6) is 0.298. The molecule has 1 N–H and O–H groups in total. The van der Waals surface area contributed by atoms with Crippen molar-refractivity contribution in [1.29, 1.82) is 0 Å². The van der Waals surface area contributed by atoms with E-state index in [1.807, 2.05) is 18.2 Å². The van der Waals surface area contributed by atoms with Crippen LogP contribution in [0.3, 0.4) is 0 Å². The summed E-state index contributed by atoms with van der Waals surface area (Å²) in [6.45, 7) is 0. The molecule has 0 bridgehead atoms. The number of hydrogen-bond acceptors (Lipinski definition) is 4. The predicted molar refractivity (Wildman–Crippen MR) is 93.6 cm³/mol. The van der Waals surface area contributed by atoms with Gasteiger partial charge in [0, 0.05) is 15.6 Å². The maximum absolute atomic E-state index is 11.6. The van der Waals surface area contributed by atoms with E-state index in [1.165, 1.54) is 19.5 Å². The molecule has 0 aliphatic heterocycles. The van der Waals surface area contributed by atoms with Crippen LogP contribution in [0.2, 0.25) is 10.0 Å². The van der Waals surface area contributed by atoms with Crippen molar-refractivity contribution in [3.63, 3.8) is 0 Å². The highest BCUT2D eigenvalue weighted by Crippen LogP contribution is 2.40. The van der Waals surface area contributed by atoms with Crippen LogP contribution in [-0.2, 0) is 5.60 Å². The fourth-order valence-electron chi connectivity index (χ4n) is 2.52. The van der Waals surface area contributed by atoms with Crippen molar-refractivity contribution in [3.8, 4) is 5.88 Å². The molecule has 0 spiro atoms. The topological polar surface area (TPSA) is 55.2 Å². The smallest absolute Gasteiger partial charge is 0.232 e. The van der Waals surface area contributed by atoms with Crippen molar-refractivity contribution in [2.75, 3.05) is 7.11 Å². The number of nitrogens with zero attached hydrogens (tertiary/aromatic N) is 2. The Morgan fingerprint density at radius 2 is 1.79 bits per heavy atom. The van der Waals surface area contributed by atoms with Crippen LogP contribution >= 0.6 is 23.2 Å². The van der Waals surface area contributed by atoms with Crippen LogP contribution in [0.5, 0.6) is 5.88 Å². The van der Waals surface area contributed by atoms with Crippen LogP contribution in [-0.4, -0.2) is 22.2 Å². The summed E-state index contributed by atoms with van der Waals surface area (Å²) < 4.78 is 5.13. The highest BCUT2D eigenvalue weighted by Gasteiger charge is 2.37. The van der Waals surface area contributed by atoms with Gasteiger partial charge in [0.2, 0.25) is 5.88 Å². The lowest BCUT2D eigenvalue weighted by molar-refractivity contribution is 0.119. The van der Waals surface area contributed by atoms with Gasteiger partial charge in [0.05, 0.1) is 19.5 Å². The molecule has 24 heavy (non-hydrogen) atoms. The maximum Gasteiger partial charge on any atom is 0.232 e. The summed E-state index contributed by atoms with van der Waals surface area (Å²) in [6, 6.07) is 14.1. The third-order valence-corrected chi connectivity index (χ3v) is 4.25. The van der Waals surface area contributed by atoms with Gasteiger partial charge in [-0.2, -0.15) is 0 Å². The SMILES string of the molecule is COc1cncc(C(O)(c2ccccc2)c2ccc(Cl)cc2Cl)n1. The van der Waals surface area contributed by atoms with E-state index in [4.69, 9.17) is 27.9 Å². The van der Waals surface area contributed by atoms with Crippen LogP contribution in [0.15, 0.2) is 60.9 Å². The highest BCUT2D eigenvalue weighted by molar-refractivity contribution is 6.35. The molecule has 2 aromatic carbocycles. The molecule has 0 fully saturated rings. The number of aromatic nitrogens is 2. The molecule has 0 aliphatic carbocycles. The van der Waals surface area contributed by atoms with Crippen molar-refractivity contribution in [2.45, 2.75) is 5.60 Å². The minimum Gasteiger partial charge on any atom is -0.480 e. The van der Waals surface area contributed by atoms with Gasteiger partial charge >= 0.3 is 0 Å². The zero-order valence-electron chi connectivity index (χ0n) is 12.8. The Labute approximate surface area is 149 Å². The quantitative estimate of drug-likeness (QED) is 0.761. The number of benzene rings is 2. The van der Waals surface area contributed by atoms with E-state index in [9.17, 15) is 5.11 Å². The summed E-state index contributed by atoms with van der Waals surface area (Å²) in [7, 11) is 1.49. The third-order valence-electron chi connectivity index (χ3n) is 3.70. The molecule has 0 saturated carbocycles. The van der Waals surface area contributed by atoms with E-state index >= 15 is 0 Å². The summed E-state index contributed by atoms with van der Waals surface area (Å²) in [5, 5.41) is 12.4. The maximum atomic E-state index is 11.6. The minimum absolute atomic E-state index is 0.298. The number of aliphatic hydroxyl groups is 1. The lowest BCUT2D eigenvalue weighted by Crippen LogP contribution is -2.30. The van der Waals surface area contributed by atoms with Gasteiger partial charge in [-0.1, -0.05) is 59.6 Å². The fourth-order valence-corrected chi connectivity index (χ4v) is 3.07. The van der Waals surface area contributed by atoms with Crippen molar-refractivity contribution in [2.24, 2.45) is 0 Å². The molecule has 6 heteroatoms. The number of halogens is 2. The normalized spacial score (nSPS) is 13.3. The second kappa shape index (κ2) is 6.77. The Balaban J connectivity index is 2.29. The Morgan fingerprint density at radius 1 is 1.04 bits per heavy atom. The van der Waals surface area contributed by atoms with Crippen molar-refractivity contribution < 1.29 is 9.84 Å². The van der Waals surface area contributed by atoms with Crippen LogP contribution in [0.25, 0.3) is 0 Å². The zero-order valence-corrected chi connectivity index (χ0v) is 14.3. The van der Waals surface area contributed by atoms with Crippen molar-refractivity contribution >= 4 is 23.2 Å². The molecule has 1 atom stereocenters. The van der Waals surface area contributed by atoms with E-state index in [-0.39, 0.29) is 0 Å². The Bertz CT molecular complexity index is 859. The predicted octanol–water partition coefficient (Wildman–Crippen LogP) is 4.08. The molecule has 3 rings (SSSR count). The molecule has 4 nitrogen and oxygen atoms in total. The van der Waals surface area contributed by atoms with Crippen molar-refractivity contribution in [1.82, 2.24) is 9.97 Å². The van der Waals surface area contributed by atoms with Gasteiger partial charge in [-0.25, -0.2) is 4.98 Å². The van der Waals surface area contributed by atoms with E-state index in [0.717, 1.165) is 0 Å². The van der Waals surface area contributed by atoms with Gasteiger partial charge in [0.1, 0.15) is 5.69 Å². The summed E-state index contributed by atoms with van der Waals surface area (Å²) >= 11 is 12.4. The van der Waals surface area contributed by atoms with Crippen molar-refractivity contribution in [3.05, 3.63) is 87.8 Å². The first kappa shape index (κ1) is 16.7. The van der Waals surface area contributed by atoms with Gasteiger partial charge in [-0.05, 0) is 17.7 Å². The Morgan fingerprint density at radius 3 is 2.46 bits per heavy atom. The standard InChI is InChI=1S/C18H14Cl2N2O2/c1-24-17-11-21-10-16(22-17)18(23,12-5-3-2-4-6-12)14-8-7-13(19)9-15(14)20/h2-11,23H,1H3. The molecule has 3 aromatic rings. The van der Waals surface area contributed by atoms with Gasteiger partial charge in [0.15, 0.2) is 5.60 Å². The second-order valence-electron chi connectivity index (χ2n) is 5.15. The molecule has 122 valence electrons. The van der Waals surface area contributed by atoms with Gasteiger partial charge < -0.3 is 9.84 Å². The molecular formula is C18H14Cl2N2O2. The molecular weight excluding hydrogens is 347 g/mol. The molecule has 1 heterocycles. The largest absolute Gasteiger partial charge is 0.480 e. The van der Waals surface area contributed by atoms with E-state index in [0.29, 0.717) is 32.7 Å². The van der Waals surface area contributed by atoms with Crippen LogP contribution in [0.1, 0.15) is 16.8 Å². The highest BCUT2D eigenvalue weighted by atomic mass is 35.5. The van der Waals surface area contributed by atoms with E-state index < -0.39 is 5.60 Å². The van der Waals surface area contributed by atoms with Gasteiger partial charge in [-0.3, -0.25) is 4.98 Å². The van der Waals surface area contributed by atoms with E-state index in [1.54, 1.807) is 30.3 Å². The number of ether oxygens (including phenoxy) is 1. The molecule has 0 radical (unpaired) electrons. The molecule has 1 aromatic heterocycles. The van der Waals surface area contributed by atoms with Gasteiger partial charge in [0.25, 0.3) is 0 Å². The molecule has 0 amide bonds. The van der Waals surface area contributed by atoms with Crippen LogP contribution < -0.4 is 4.74 Å². The Kier molecular flexibility index (Phi) is 4.71. The summed E-state index contributed by atoms with van der Waals surface area (Å²) in [5.41, 5.74) is -0.221. The minimum atomic E-state index is -1.59. The average molecular weight is 361 g/mol. The van der Waals surface area contributed by atoms with Gasteiger partial charge in [-0.15, -0.1) is 0 Å². The first-order valence-corrected chi connectivity index (χ1v) is 7.91. The van der Waals surface area contributed by atoms with Crippen LogP contribution in [0, 0.1) is 0 Å².